The monoisotopic (exact) mass is 419 g/mol. The van der Waals surface area contributed by atoms with Crippen LogP contribution in [0.2, 0.25) is 0 Å². The summed E-state index contributed by atoms with van der Waals surface area (Å²) in [7, 11) is 0. The minimum absolute atomic E-state index is 0.256. The van der Waals surface area contributed by atoms with Crippen LogP contribution in [-0.2, 0) is 14.3 Å². The number of piperidine rings is 1. The number of esters is 1. The van der Waals surface area contributed by atoms with Gasteiger partial charge >= 0.3 is 11.9 Å². The zero-order valence-electron chi connectivity index (χ0n) is 18.4. The van der Waals surface area contributed by atoms with Crippen LogP contribution in [0.15, 0.2) is 30.3 Å². The summed E-state index contributed by atoms with van der Waals surface area (Å²) in [6, 6.07) is 9.40. The molecule has 0 spiro atoms. The van der Waals surface area contributed by atoms with E-state index in [1.807, 2.05) is 18.2 Å². The van der Waals surface area contributed by atoms with Crippen LogP contribution in [-0.4, -0.2) is 60.4 Å². The van der Waals surface area contributed by atoms with E-state index in [0.29, 0.717) is 31.2 Å². The van der Waals surface area contributed by atoms with Crippen molar-refractivity contribution in [1.82, 2.24) is 4.90 Å². The zero-order chi connectivity index (χ0) is 21.8. The molecule has 3 aliphatic rings. The summed E-state index contributed by atoms with van der Waals surface area (Å²) in [4.78, 5) is 24.3. The fraction of sp³-hybridized carbons (Fsp3) is 0.667. The van der Waals surface area contributed by atoms with Crippen molar-refractivity contribution in [3.63, 3.8) is 0 Å². The summed E-state index contributed by atoms with van der Waals surface area (Å²) in [5, 5.41) is 8.84. The Bertz CT molecular complexity index is 623. The van der Waals surface area contributed by atoms with Crippen LogP contribution in [0.3, 0.4) is 0 Å². The van der Waals surface area contributed by atoms with Gasteiger partial charge in [0.1, 0.15) is 0 Å². The molecule has 2 unspecified atom stereocenters. The molecule has 0 bridgehead atoms. The van der Waals surface area contributed by atoms with Gasteiger partial charge in [-0.2, -0.15) is 0 Å². The predicted octanol–water partition coefficient (Wildman–Crippen LogP) is 4.38. The smallest absolute Gasteiger partial charge is 0.338 e. The molecule has 1 aromatic carbocycles. The molecule has 2 saturated heterocycles. The number of nitrogens with zero attached hydrogens (tertiary/aromatic N) is 1. The van der Waals surface area contributed by atoms with Crippen molar-refractivity contribution in [2.45, 2.75) is 70.9 Å². The van der Waals surface area contributed by atoms with E-state index in [9.17, 15) is 9.59 Å². The zero-order valence-corrected chi connectivity index (χ0v) is 18.4. The molecule has 1 saturated carbocycles. The highest BCUT2D eigenvalue weighted by molar-refractivity contribution is 5.89. The molecule has 0 aromatic heterocycles. The first-order valence-corrected chi connectivity index (χ1v) is 11.3. The lowest BCUT2D eigenvalue weighted by Gasteiger charge is -2.39. The summed E-state index contributed by atoms with van der Waals surface area (Å²) < 4.78 is 10.2. The molecule has 3 fully saturated rings. The van der Waals surface area contributed by atoms with E-state index in [-0.39, 0.29) is 5.97 Å². The molecule has 1 aromatic rings. The first-order valence-electron chi connectivity index (χ1n) is 11.3. The van der Waals surface area contributed by atoms with Crippen molar-refractivity contribution < 1.29 is 24.2 Å². The van der Waals surface area contributed by atoms with Crippen molar-refractivity contribution in [3.05, 3.63) is 35.9 Å². The van der Waals surface area contributed by atoms with Gasteiger partial charge in [0.05, 0.1) is 18.8 Å². The van der Waals surface area contributed by atoms with Crippen LogP contribution in [0.5, 0.6) is 0 Å². The topological polar surface area (TPSA) is 76.1 Å². The Morgan fingerprint density at radius 3 is 2.30 bits per heavy atom. The van der Waals surface area contributed by atoms with Crippen molar-refractivity contribution in [2.75, 3.05) is 26.3 Å². The Labute approximate surface area is 180 Å². The first-order chi connectivity index (χ1) is 14.5. The van der Waals surface area contributed by atoms with E-state index < -0.39 is 12.1 Å². The molecule has 1 aliphatic carbocycles. The van der Waals surface area contributed by atoms with Gasteiger partial charge < -0.3 is 14.6 Å². The Kier molecular flexibility index (Phi) is 10.9. The van der Waals surface area contributed by atoms with Gasteiger partial charge in [-0.3, -0.25) is 4.90 Å². The molecule has 4 rings (SSSR count). The maximum absolute atomic E-state index is 11.0. The third kappa shape index (κ3) is 9.26. The number of carbonyl (C=O) groups excluding carboxylic acids is 1. The van der Waals surface area contributed by atoms with Gasteiger partial charge in [-0.1, -0.05) is 44.4 Å². The second kappa shape index (κ2) is 13.4. The largest absolute Gasteiger partial charge is 0.479 e. The quantitative estimate of drug-likeness (QED) is 0.730. The number of rotatable bonds is 4. The summed E-state index contributed by atoms with van der Waals surface area (Å²) >= 11 is 0. The second-order valence-corrected chi connectivity index (χ2v) is 8.28. The molecular formula is C24H37NO5. The molecule has 2 heterocycles. The molecule has 2 aliphatic heterocycles. The molecule has 30 heavy (non-hydrogen) atoms. The van der Waals surface area contributed by atoms with Gasteiger partial charge in [-0.05, 0) is 57.2 Å². The SMILES string of the molecule is C1CC1.CC1CCCN(C2CC[C@H](C(=O)O)OC2)C1.CCOC(=O)c1ccccc1. The van der Waals surface area contributed by atoms with Crippen molar-refractivity contribution in [2.24, 2.45) is 5.92 Å². The van der Waals surface area contributed by atoms with Crippen LogP contribution < -0.4 is 0 Å². The highest BCUT2D eigenvalue weighted by Gasteiger charge is 2.31. The van der Waals surface area contributed by atoms with Gasteiger partial charge in [-0.15, -0.1) is 0 Å². The van der Waals surface area contributed by atoms with Gasteiger partial charge in [0.2, 0.25) is 0 Å². The lowest BCUT2D eigenvalue weighted by molar-refractivity contribution is -0.156. The van der Waals surface area contributed by atoms with Gasteiger partial charge in [0.25, 0.3) is 0 Å². The standard InChI is InChI=1S/C12H21NO3.C9H10O2.C3H6/c1-9-3-2-6-13(7-9)10-4-5-11(12(14)15)16-8-10;1-2-11-9(10)8-6-4-3-5-7-8;1-2-3-1/h9-11H,2-8H2,1H3,(H,14,15);3-7H,2H2,1H3;1-3H2/t9?,10?,11-;;/m1../s1. The number of carbonyl (C=O) groups is 2. The molecule has 6 heteroatoms. The molecule has 3 atom stereocenters. The number of carboxylic acids is 1. The Morgan fingerprint density at radius 1 is 1.10 bits per heavy atom. The highest BCUT2D eigenvalue weighted by atomic mass is 16.5. The lowest BCUT2D eigenvalue weighted by Crippen LogP contribution is -2.48. The molecule has 168 valence electrons. The van der Waals surface area contributed by atoms with E-state index >= 15 is 0 Å². The summed E-state index contributed by atoms with van der Waals surface area (Å²) in [6.07, 6.45) is 8.13. The van der Waals surface area contributed by atoms with Gasteiger partial charge in [0, 0.05) is 12.6 Å². The molecule has 6 nitrogen and oxygen atoms in total. The van der Waals surface area contributed by atoms with E-state index in [1.54, 1.807) is 19.1 Å². The number of benzene rings is 1. The number of aliphatic carboxylic acids is 1. The maximum Gasteiger partial charge on any atom is 0.338 e. The second-order valence-electron chi connectivity index (χ2n) is 8.28. The fourth-order valence-corrected chi connectivity index (χ4v) is 3.57. The van der Waals surface area contributed by atoms with Crippen molar-refractivity contribution >= 4 is 11.9 Å². The van der Waals surface area contributed by atoms with Gasteiger partial charge in [-0.25, -0.2) is 9.59 Å². The van der Waals surface area contributed by atoms with Gasteiger partial charge in [0.15, 0.2) is 6.10 Å². The number of hydrogen-bond donors (Lipinski definition) is 1. The van der Waals surface area contributed by atoms with Crippen molar-refractivity contribution in [3.8, 4) is 0 Å². The van der Waals surface area contributed by atoms with E-state index in [2.05, 4.69) is 11.8 Å². The Hall–Kier alpha value is -1.92. The summed E-state index contributed by atoms with van der Waals surface area (Å²) in [6.45, 7) is 7.38. The molecule has 0 radical (unpaired) electrons. The number of ether oxygens (including phenoxy) is 2. The fourth-order valence-electron chi connectivity index (χ4n) is 3.57. The van der Waals surface area contributed by atoms with E-state index in [1.165, 1.54) is 32.1 Å². The van der Waals surface area contributed by atoms with Crippen LogP contribution in [0.4, 0.5) is 0 Å². The Morgan fingerprint density at radius 2 is 1.80 bits per heavy atom. The third-order valence-corrected chi connectivity index (χ3v) is 5.37. The first kappa shape index (κ1) is 24.4. The molecule has 1 N–H and O–H groups in total. The number of carboxylic acid groups (broad SMARTS) is 1. The normalized spacial score (nSPS) is 25.6. The van der Waals surface area contributed by atoms with E-state index in [4.69, 9.17) is 14.6 Å². The number of likely N-dealkylation sites (tertiary alicyclic amines) is 1. The Balaban J connectivity index is 0.000000197. The molecular weight excluding hydrogens is 382 g/mol. The summed E-state index contributed by atoms with van der Waals surface area (Å²) in [5.74, 6) is -0.301. The van der Waals surface area contributed by atoms with E-state index in [0.717, 1.165) is 25.4 Å². The number of hydrogen-bond acceptors (Lipinski definition) is 5. The highest BCUT2D eigenvalue weighted by Crippen LogP contribution is 2.24. The maximum atomic E-state index is 11.0. The minimum atomic E-state index is -0.814. The average molecular weight is 420 g/mol. The average Bonchev–Trinajstić information content (AvgIpc) is 3.65. The minimum Gasteiger partial charge on any atom is -0.479 e. The lowest BCUT2D eigenvalue weighted by atomic mass is 9.96. The third-order valence-electron chi connectivity index (χ3n) is 5.37. The van der Waals surface area contributed by atoms with Crippen LogP contribution in [0.25, 0.3) is 0 Å². The van der Waals surface area contributed by atoms with Crippen LogP contribution in [0.1, 0.15) is 69.2 Å². The van der Waals surface area contributed by atoms with Crippen LogP contribution in [0, 0.1) is 5.92 Å². The molecule has 0 amide bonds. The van der Waals surface area contributed by atoms with Crippen LogP contribution >= 0.6 is 0 Å². The summed E-state index contributed by atoms with van der Waals surface area (Å²) in [5.41, 5.74) is 0.606. The predicted molar refractivity (Wildman–Crippen MR) is 117 cm³/mol. The van der Waals surface area contributed by atoms with Crippen molar-refractivity contribution in [1.29, 1.82) is 0 Å².